The minimum Gasteiger partial charge on any atom is -0.497 e. The molecule has 0 aliphatic rings. The molecule has 4 nitrogen and oxygen atoms in total. The molecule has 118 valence electrons. The maximum atomic E-state index is 10.5. The molecule has 0 unspecified atom stereocenters. The Morgan fingerprint density at radius 1 is 1.09 bits per heavy atom. The van der Waals surface area contributed by atoms with Gasteiger partial charge in [0.15, 0.2) is 0 Å². The first-order valence-corrected chi connectivity index (χ1v) is 7.62. The monoisotopic (exact) mass is 328 g/mol. The summed E-state index contributed by atoms with van der Waals surface area (Å²) < 4.78 is 6.69. The summed E-state index contributed by atoms with van der Waals surface area (Å²) in [7, 11) is 1.64. The molecular weight excluding hydrogens is 312 g/mol. The lowest BCUT2D eigenvalue weighted by Gasteiger charge is -2.05. The van der Waals surface area contributed by atoms with Crippen molar-refractivity contribution in [2.75, 3.05) is 7.11 Å². The molecule has 0 aliphatic heterocycles. The predicted octanol–water partition coefficient (Wildman–Crippen LogP) is 4.14. The van der Waals surface area contributed by atoms with E-state index < -0.39 is 0 Å². The van der Waals surface area contributed by atoms with E-state index in [2.05, 4.69) is 5.10 Å². The van der Waals surface area contributed by atoms with Crippen molar-refractivity contribution in [2.24, 2.45) is 0 Å². The summed E-state index contributed by atoms with van der Waals surface area (Å²) >= 11 is 5.91. The van der Waals surface area contributed by atoms with Crippen LogP contribution in [0.25, 0.3) is 5.69 Å². The van der Waals surface area contributed by atoms with Gasteiger partial charge in [-0.1, -0.05) is 23.7 Å². The third-order valence-electron chi connectivity index (χ3n) is 3.77. The first-order valence-electron chi connectivity index (χ1n) is 7.25. The Balaban J connectivity index is 1.92. The summed E-state index contributed by atoms with van der Waals surface area (Å²) in [5.74, 6) is 0.965. The van der Waals surface area contributed by atoms with Gasteiger partial charge < -0.3 is 9.84 Å². The van der Waals surface area contributed by atoms with Crippen molar-refractivity contribution < 1.29 is 9.84 Å². The van der Waals surface area contributed by atoms with Crippen molar-refractivity contribution in [1.82, 2.24) is 9.78 Å². The minimum absolute atomic E-state index is 0.153. The van der Waals surface area contributed by atoms with Gasteiger partial charge >= 0.3 is 0 Å². The molecule has 0 fully saturated rings. The van der Waals surface area contributed by atoms with Gasteiger partial charge in [-0.25, -0.2) is 4.68 Å². The molecule has 1 heterocycles. The van der Waals surface area contributed by atoms with Crippen LogP contribution >= 0.6 is 11.6 Å². The van der Waals surface area contributed by atoms with Crippen molar-refractivity contribution in [3.05, 3.63) is 70.4 Å². The number of halogens is 1. The van der Waals surface area contributed by atoms with E-state index in [1.807, 2.05) is 43.3 Å². The van der Waals surface area contributed by atoms with Gasteiger partial charge in [-0.3, -0.25) is 0 Å². The van der Waals surface area contributed by atoms with E-state index in [4.69, 9.17) is 16.3 Å². The van der Waals surface area contributed by atoms with E-state index in [0.717, 1.165) is 28.3 Å². The van der Waals surface area contributed by atoms with Gasteiger partial charge in [-0.05, 0) is 48.9 Å². The van der Waals surface area contributed by atoms with Crippen LogP contribution in [0.5, 0.6) is 11.6 Å². The lowest BCUT2D eigenvalue weighted by Crippen LogP contribution is -1.95. The number of hydrogen-bond donors (Lipinski definition) is 1. The van der Waals surface area contributed by atoms with Crippen LogP contribution in [0.3, 0.4) is 0 Å². The van der Waals surface area contributed by atoms with Crippen LogP contribution in [-0.4, -0.2) is 22.0 Å². The van der Waals surface area contributed by atoms with Gasteiger partial charge in [0.25, 0.3) is 0 Å². The zero-order chi connectivity index (χ0) is 16.4. The van der Waals surface area contributed by atoms with Gasteiger partial charge in [-0.2, -0.15) is 5.10 Å². The number of hydrogen-bond acceptors (Lipinski definition) is 3. The van der Waals surface area contributed by atoms with E-state index in [1.165, 1.54) is 4.68 Å². The van der Waals surface area contributed by atoms with Gasteiger partial charge in [0.2, 0.25) is 5.88 Å². The zero-order valence-corrected chi connectivity index (χ0v) is 13.7. The third-order valence-corrected chi connectivity index (χ3v) is 4.02. The van der Waals surface area contributed by atoms with Crippen LogP contribution in [0.15, 0.2) is 48.5 Å². The van der Waals surface area contributed by atoms with Crippen LogP contribution in [-0.2, 0) is 6.42 Å². The van der Waals surface area contributed by atoms with Gasteiger partial charge in [0.1, 0.15) is 5.75 Å². The maximum absolute atomic E-state index is 10.5. The lowest BCUT2D eigenvalue weighted by atomic mass is 10.1. The largest absolute Gasteiger partial charge is 0.497 e. The second-order valence-electron chi connectivity index (χ2n) is 5.30. The average Bonchev–Trinajstić information content (AvgIpc) is 2.84. The topological polar surface area (TPSA) is 47.3 Å². The molecule has 0 saturated carbocycles. The molecule has 2 aromatic carbocycles. The summed E-state index contributed by atoms with van der Waals surface area (Å²) in [4.78, 5) is 0. The molecule has 0 radical (unpaired) electrons. The highest BCUT2D eigenvalue weighted by atomic mass is 35.5. The molecular formula is C18H17ClN2O2. The van der Waals surface area contributed by atoms with Crippen LogP contribution in [0, 0.1) is 6.92 Å². The highest BCUT2D eigenvalue weighted by molar-refractivity contribution is 6.30. The molecule has 0 saturated heterocycles. The van der Waals surface area contributed by atoms with E-state index in [-0.39, 0.29) is 5.88 Å². The van der Waals surface area contributed by atoms with Crippen molar-refractivity contribution in [1.29, 1.82) is 0 Å². The van der Waals surface area contributed by atoms with E-state index in [1.54, 1.807) is 19.2 Å². The molecule has 0 aliphatic carbocycles. The third kappa shape index (κ3) is 3.17. The number of aryl methyl sites for hydroxylation is 1. The molecule has 0 spiro atoms. The minimum atomic E-state index is 0.153. The van der Waals surface area contributed by atoms with Crippen molar-refractivity contribution >= 4 is 11.6 Å². The molecule has 0 amide bonds. The fourth-order valence-corrected chi connectivity index (χ4v) is 2.59. The van der Waals surface area contributed by atoms with Crippen molar-refractivity contribution in [3.63, 3.8) is 0 Å². The molecule has 23 heavy (non-hydrogen) atoms. The Morgan fingerprint density at radius 3 is 2.35 bits per heavy atom. The molecule has 5 heteroatoms. The summed E-state index contributed by atoms with van der Waals surface area (Å²) in [5.41, 5.74) is 3.47. The standard InChI is InChI=1S/C18H17ClN2O2/c1-12-17(11-13-3-9-16(23-2)10-4-13)18(22)21(20-12)15-7-5-14(19)6-8-15/h3-10,22H,11H2,1-2H3. The van der Waals surface area contributed by atoms with Gasteiger partial charge in [0, 0.05) is 17.0 Å². The summed E-state index contributed by atoms with van der Waals surface area (Å²) in [6.07, 6.45) is 0.606. The smallest absolute Gasteiger partial charge is 0.218 e. The van der Waals surface area contributed by atoms with Crippen LogP contribution in [0.1, 0.15) is 16.8 Å². The number of aromatic hydroxyl groups is 1. The summed E-state index contributed by atoms with van der Waals surface area (Å²) in [5, 5.41) is 15.6. The van der Waals surface area contributed by atoms with Crippen molar-refractivity contribution in [2.45, 2.75) is 13.3 Å². The number of methoxy groups -OCH3 is 1. The second-order valence-corrected chi connectivity index (χ2v) is 5.74. The number of ether oxygens (including phenoxy) is 1. The molecule has 1 N–H and O–H groups in total. The van der Waals surface area contributed by atoms with E-state index in [9.17, 15) is 5.11 Å². The van der Waals surface area contributed by atoms with Crippen LogP contribution in [0.4, 0.5) is 0 Å². The van der Waals surface area contributed by atoms with Crippen LogP contribution < -0.4 is 4.74 Å². The number of benzene rings is 2. The number of rotatable bonds is 4. The number of nitrogens with zero attached hydrogens (tertiary/aromatic N) is 2. The maximum Gasteiger partial charge on any atom is 0.218 e. The van der Waals surface area contributed by atoms with E-state index >= 15 is 0 Å². The van der Waals surface area contributed by atoms with Crippen molar-refractivity contribution in [3.8, 4) is 17.3 Å². The average molecular weight is 329 g/mol. The van der Waals surface area contributed by atoms with Gasteiger partial charge in [-0.15, -0.1) is 0 Å². The zero-order valence-electron chi connectivity index (χ0n) is 13.0. The molecule has 1 aromatic heterocycles. The predicted molar refractivity (Wildman–Crippen MR) is 90.8 cm³/mol. The van der Waals surface area contributed by atoms with Crippen LogP contribution in [0.2, 0.25) is 5.02 Å². The Morgan fingerprint density at radius 2 is 1.74 bits per heavy atom. The Labute approximate surface area is 139 Å². The summed E-state index contributed by atoms with van der Waals surface area (Å²) in [6, 6.07) is 15.0. The Kier molecular flexibility index (Phi) is 4.26. The highest BCUT2D eigenvalue weighted by Crippen LogP contribution is 2.28. The SMILES string of the molecule is COc1ccc(Cc2c(C)nn(-c3ccc(Cl)cc3)c2O)cc1. The highest BCUT2D eigenvalue weighted by Gasteiger charge is 2.16. The van der Waals surface area contributed by atoms with E-state index in [0.29, 0.717) is 11.4 Å². The van der Waals surface area contributed by atoms with Gasteiger partial charge in [0.05, 0.1) is 18.5 Å². The molecule has 3 aromatic rings. The fraction of sp³-hybridized carbons (Fsp3) is 0.167. The second kappa shape index (κ2) is 6.34. The lowest BCUT2D eigenvalue weighted by molar-refractivity contribution is 0.414. The first kappa shape index (κ1) is 15.4. The molecule has 0 bridgehead atoms. The Bertz CT molecular complexity index is 808. The molecule has 3 rings (SSSR count). The first-order chi connectivity index (χ1) is 11.1. The summed E-state index contributed by atoms with van der Waals surface area (Å²) in [6.45, 7) is 1.89. The Hall–Kier alpha value is -2.46. The normalized spacial score (nSPS) is 10.7. The quantitative estimate of drug-likeness (QED) is 0.783. The number of aromatic nitrogens is 2. The fourth-order valence-electron chi connectivity index (χ4n) is 2.46. The molecule has 0 atom stereocenters.